The van der Waals surface area contributed by atoms with Gasteiger partial charge in [-0.1, -0.05) is 0 Å². The lowest BCUT2D eigenvalue weighted by Crippen LogP contribution is -2.52. The van der Waals surface area contributed by atoms with Gasteiger partial charge >= 0.3 is 0 Å². The van der Waals surface area contributed by atoms with Gasteiger partial charge in [-0.15, -0.1) is 0 Å². The minimum absolute atomic E-state index is 0.769. The van der Waals surface area contributed by atoms with E-state index in [1.807, 2.05) is 7.05 Å². The lowest BCUT2D eigenvalue weighted by Gasteiger charge is -2.37. The maximum absolute atomic E-state index is 3.08. The standard InChI is InChI=1S/C5H12N2/c1-5-3-4-7(5)6-2/h5-6H,3-4H2,1-2H3. The summed E-state index contributed by atoms with van der Waals surface area (Å²) in [5, 5.41) is 2.22. The molecular weight excluding hydrogens is 88.1 g/mol. The average molecular weight is 100 g/mol. The zero-order valence-corrected chi connectivity index (χ0v) is 4.94. The molecular formula is C5H12N2. The highest BCUT2D eigenvalue weighted by atomic mass is 15.5. The molecule has 42 valence electrons. The molecule has 1 unspecified atom stereocenters. The smallest absolute Gasteiger partial charge is 0.0227 e. The van der Waals surface area contributed by atoms with E-state index in [0.717, 1.165) is 6.04 Å². The lowest BCUT2D eigenvalue weighted by atomic mass is 10.1. The van der Waals surface area contributed by atoms with Crippen molar-refractivity contribution in [1.29, 1.82) is 0 Å². The van der Waals surface area contributed by atoms with E-state index in [2.05, 4.69) is 17.4 Å². The van der Waals surface area contributed by atoms with Crippen molar-refractivity contribution < 1.29 is 0 Å². The fraction of sp³-hybridized carbons (Fsp3) is 1.00. The first-order valence-electron chi connectivity index (χ1n) is 2.78. The summed E-state index contributed by atoms with van der Waals surface area (Å²) in [5.74, 6) is 0. The number of nitrogens with zero attached hydrogens (tertiary/aromatic N) is 1. The first kappa shape index (κ1) is 5.06. The third-order valence-electron chi connectivity index (χ3n) is 1.61. The van der Waals surface area contributed by atoms with E-state index in [4.69, 9.17) is 0 Å². The average Bonchev–Trinajstić information content (AvgIpc) is 1.65. The molecule has 0 spiro atoms. The highest BCUT2D eigenvalue weighted by molar-refractivity contribution is 4.73. The fourth-order valence-corrected chi connectivity index (χ4v) is 0.849. The molecule has 0 saturated carbocycles. The predicted molar refractivity (Wildman–Crippen MR) is 29.8 cm³/mol. The molecule has 0 amide bonds. The molecule has 2 nitrogen and oxygen atoms in total. The Morgan fingerprint density at radius 3 is 2.43 bits per heavy atom. The molecule has 0 bridgehead atoms. The predicted octanol–water partition coefficient (Wildman–Crippen LogP) is 0.215. The summed E-state index contributed by atoms with van der Waals surface area (Å²) >= 11 is 0. The Morgan fingerprint density at radius 1 is 1.71 bits per heavy atom. The van der Waals surface area contributed by atoms with Crippen molar-refractivity contribution in [2.24, 2.45) is 0 Å². The Balaban J connectivity index is 2.16. The maximum atomic E-state index is 3.08. The highest BCUT2D eigenvalue weighted by Gasteiger charge is 2.20. The van der Waals surface area contributed by atoms with Crippen LogP contribution in [0.3, 0.4) is 0 Å². The SMILES string of the molecule is CNN1CCC1C. The third kappa shape index (κ3) is 0.763. The Labute approximate surface area is 44.5 Å². The van der Waals surface area contributed by atoms with Crippen molar-refractivity contribution in [1.82, 2.24) is 10.4 Å². The monoisotopic (exact) mass is 100 g/mol. The molecule has 1 saturated heterocycles. The minimum Gasteiger partial charge on any atom is -0.258 e. The molecule has 2 heteroatoms. The first-order valence-corrected chi connectivity index (χ1v) is 2.78. The summed E-state index contributed by atoms with van der Waals surface area (Å²) in [6.07, 6.45) is 1.35. The summed E-state index contributed by atoms with van der Waals surface area (Å²) in [4.78, 5) is 0. The molecule has 1 aliphatic rings. The largest absolute Gasteiger partial charge is 0.258 e. The number of hydrazine groups is 1. The molecule has 1 fully saturated rings. The number of hydrogen-bond acceptors (Lipinski definition) is 2. The van der Waals surface area contributed by atoms with Gasteiger partial charge in [0, 0.05) is 12.6 Å². The molecule has 0 aliphatic carbocycles. The van der Waals surface area contributed by atoms with Gasteiger partial charge in [0.2, 0.25) is 0 Å². The minimum atomic E-state index is 0.769. The second-order valence-electron chi connectivity index (χ2n) is 2.05. The summed E-state index contributed by atoms with van der Waals surface area (Å²) in [7, 11) is 1.97. The van der Waals surface area contributed by atoms with E-state index in [-0.39, 0.29) is 0 Å². The van der Waals surface area contributed by atoms with Crippen molar-refractivity contribution in [3.05, 3.63) is 0 Å². The van der Waals surface area contributed by atoms with Crippen molar-refractivity contribution in [3.63, 3.8) is 0 Å². The van der Waals surface area contributed by atoms with Gasteiger partial charge in [0.15, 0.2) is 0 Å². The van der Waals surface area contributed by atoms with Crippen molar-refractivity contribution in [2.45, 2.75) is 19.4 Å². The third-order valence-corrected chi connectivity index (χ3v) is 1.61. The topological polar surface area (TPSA) is 15.3 Å². The van der Waals surface area contributed by atoms with Crippen LogP contribution in [0.25, 0.3) is 0 Å². The Morgan fingerprint density at radius 2 is 2.43 bits per heavy atom. The van der Waals surface area contributed by atoms with Gasteiger partial charge in [-0.25, -0.2) is 5.01 Å². The van der Waals surface area contributed by atoms with Crippen LogP contribution in [0.1, 0.15) is 13.3 Å². The molecule has 1 N–H and O–H groups in total. The first-order chi connectivity index (χ1) is 3.34. The van der Waals surface area contributed by atoms with Crippen LogP contribution in [0.5, 0.6) is 0 Å². The van der Waals surface area contributed by atoms with E-state index < -0.39 is 0 Å². The quantitative estimate of drug-likeness (QED) is 0.507. The molecule has 1 rings (SSSR count). The fourth-order valence-electron chi connectivity index (χ4n) is 0.849. The van der Waals surface area contributed by atoms with E-state index in [0.29, 0.717) is 0 Å². The zero-order valence-electron chi connectivity index (χ0n) is 4.94. The summed E-state index contributed by atoms with van der Waals surface area (Å²) < 4.78 is 0. The second kappa shape index (κ2) is 1.80. The maximum Gasteiger partial charge on any atom is 0.0227 e. The molecule has 1 heterocycles. The second-order valence-corrected chi connectivity index (χ2v) is 2.05. The Kier molecular flexibility index (Phi) is 1.30. The van der Waals surface area contributed by atoms with Crippen LogP contribution >= 0.6 is 0 Å². The van der Waals surface area contributed by atoms with Gasteiger partial charge < -0.3 is 0 Å². The molecule has 7 heavy (non-hydrogen) atoms. The number of hydrogen-bond donors (Lipinski definition) is 1. The van der Waals surface area contributed by atoms with Crippen LogP contribution in [-0.4, -0.2) is 24.6 Å². The molecule has 1 aliphatic heterocycles. The van der Waals surface area contributed by atoms with Crippen LogP contribution in [-0.2, 0) is 0 Å². The van der Waals surface area contributed by atoms with Crippen LogP contribution < -0.4 is 5.43 Å². The van der Waals surface area contributed by atoms with Gasteiger partial charge in [-0.05, 0) is 20.4 Å². The number of rotatable bonds is 1. The lowest BCUT2D eigenvalue weighted by molar-refractivity contribution is 0.0552. The molecule has 0 aromatic carbocycles. The van der Waals surface area contributed by atoms with Crippen LogP contribution in [0.2, 0.25) is 0 Å². The normalized spacial score (nSPS) is 32.6. The highest BCUT2D eigenvalue weighted by Crippen LogP contribution is 2.11. The van der Waals surface area contributed by atoms with Crippen LogP contribution in [0.4, 0.5) is 0 Å². The van der Waals surface area contributed by atoms with Crippen molar-refractivity contribution >= 4 is 0 Å². The Bertz CT molecular complexity index is 61.1. The van der Waals surface area contributed by atoms with Gasteiger partial charge in [0.25, 0.3) is 0 Å². The summed E-state index contributed by atoms with van der Waals surface area (Å²) in [5.41, 5.74) is 3.08. The van der Waals surface area contributed by atoms with Gasteiger partial charge in [0.1, 0.15) is 0 Å². The van der Waals surface area contributed by atoms with Gasteiger partial charge in [-0.3, -0.25) is 5.43 Å². The molecule has 0 aromatic rings. The van der Waals surface area contributed by atoms with Crippen LogP contribution in [0, 0.1) is 0 Å². The molecule has 1 atom stereocenters. The summed E-state index contributed by atoms with van der Waals surface area (Å²) in [6, 6.07) is 0.769. The van der Waals surface area contributed by atoms with Gasteiger partial charge in [0.05, 0.1) is 0 Å². The zero-order chi connectivity index (χ0) is 5.28. The van der Waals surface area contributed by atoms with Gasteiger partial charge in [-0.2, -0.15) is 0 Å². The van der Waals surface area contributed by atoms with E-state index in [1.165, 1.54) is 13.0 Å². The van der Waals surface area contributed by atoms with E-state index in [1.54, 1.807) is 0 Å². The van der Waals surface area contributed by atoms with Crippen LogP contribution in [0.15, 0.2) is 0 Å². The molecule has 0 aromatic heterocycles. The summed E-state index contributed by atoms with van der Waals surface area (Å²) in [6.45, 7) is 3.44. The van der Waals surface area contributed by atoms with Crippen molar-refractivity contribution in [3.8, 4) is 0 Å². The molecule has 0 radical (unpaired) electrons. The van der Waals surface area contributed by atoms with E-state index in [9.17, 15) is 0 Å². The van der Waals surface area contributed by atoms with E-state index >= 15 is 0 Å². The number of nitrogens with one attached hydrogen (secondary N) is 1. The Hall–Kier alpha value is -0.0800. The van der Waals surface area contributed by atoms with Crippen molar-refractivity contribution in [2.75, 3.05) is 13.6 Å².